The van der Waals surface area contributed by atoms with Crippen LogP contribution in [-0.4, -0.2) is 0 Å². The minimum Gasteiger partial charge on any atom is -0.453 e. The molecule has 5 rings (SSSR count). The number of hydrogen-bond acceptors (Lipinski definition) is 2. The highest BCUT2D eigenvalue weighted by molar-refractivity contribution is 9.10. The van der Waals surface area contributed by atoms with Crippen molar-refractivity contribution in [2.75, 3.05) is 4.90 Å². The molecule has 0 unspecified atom stereocenters. The summed E-state index contributed by atoms with van der Waals surface area (Å²) >= 11 is 3.49. The Labute approximate surface area is 166 Å². The Morgan fingerprint density at radius 3 is 1.59 bits per heavy atom. The molecule has 4 aromatic carbocycles. The van der Waals surface area contributed by atoms with Crippen LogP contribution in [0.1, 0.15) is 0 Å². The van der Waals surface area contributed by atoms with Crippen LogP contribution in [0.2, 0.25) is 0 Å². The average Bonchev–Trinajstić information content (AvgIpc) is 2.73. The molecule has 0 spiro atoms. The van der Waals surface area contributed by atoms with Gasteiger partial charge in [0.25, 0.3) is 0 Å². The molecule has 0 saturated heterocycles. The van der Waals surface area contributed by atoms with E-state index >= 15 is 0 Å². The van der Waals surface area contributed by atoms with Crippen LogP contribution in [0.4, 0.5) is 17.1 Å². The molecule has 0 bridgehead atoms. The molecule has 0 amide bonds. The number of fused-ring (bicyclic) bond motifs is 2. The number of halogens is 1. The fraction of sp³-hybridized carbons (Fsp3) is 0. The standard InChI is InChI=1S/C24H16BrNO/c25-19-13-9-17(10-14-19)18-11-15-20(16-12-18)26-21-5-1-3-7-23(21)27-24-8-4-2-6-22(24)26/h1-16H. The molecule has 27 heavy (non-hydrogen) atoms. The van der Waals surface area contributed by atoms with E-state index in [-0.39, 0.29) is 0 Å². The predicted octanol–water partition coefficient (Wildman–Crippen LogP) is 7.69. The lowest BCUT2D eigenvalue weighted by Crippen LogP contribution is -2.15. The van der Waals surface area contributed by atoms with Crippen molar-refractivity contribution in [2.24, 2.45) is 0 Å². The summed E-state index contributed by atoms with van der Waals surface area (Å²) in [5, 5.41) is 0. The molecule has 0 radical (unpaired) electrons. The maximum atomic E-state index is 6.09. The maximum Gasteiger partial charge on any atom is 0.151 e. The third-order valence-corrected chi connectivity index (χ3v) is 5.26. The molecule has 1 aliphatic heterocycles. The van der Waals surface area contributed by atoms with Gasteiger partial charge in [-0.15, -0.1) is 0 Å². The van der Waals surface area contributed by atoms with Gasteiger partial charge >= 0.3 is 0 Å². The van der Waals surface area contributed by atoms with E-state index in [1.807, 2.05) is 36.4 Å². The van der Waals surface area contributed by atoms with E-state index in [4.69, 9.17) is 4.74 Å². The molecule has 130 valence electrons. The quantitative estimate of drug-likeness (QED) is 0.294. The summed E-state index contributed by atoms with van der Waals surface area (Å²) in [7, 11) is 0. The monoisotopic (exact) mass is 413 g/mol. The molecule has 0 atom stereocenters. The van der Waals surface area contributed by atoms with Crippen LogP contribution in [0.25, 0.3) is 11.1 Å². The second-order valence-corrected chi connectivity index (χ2v) is 7.34. The van der Waals surface area contributed by atoms with Crippen LogP contribution in [0, 0.1) is 0 Å². The molecule has 3 heteroatoms. The van der Waals surface area contributed by atoms with E-state index in [0.717, 1.165) is 33.0 Å². The molecule has 0 fully saturated rings. The molecular formula is C24H16BrNO. The smallest absolute Gasteiger partial charge is 0.151 e. The first-order valence-corrected chi connectivity index (χ1v) is 9.61. The van der Waals surface area contributed by atoms with Gasteiger partial charge in [-0.25, -0.2) is 0 Å². The molecular weight excluding hydrogens is 398 g/mol. The fourth-order valence-corrected chi connectivity index (χ4v) is 3.69. The molecule has 0 aliphatic carbocycles. The minimum atomic E-state index is 0.869. The Morgan fingerprint density at radius 1 is 0.556 bits per heavy atom. The van der Waals surface area contributed by atoms with E-state index in [0.29, 0.717) is 0 Å². The minimum absolute atomic E-state index is 0.869. The number of ether oxygens (including phenoxy) is 1. The summed E-state index contributed by atoms with van der Waals surface area (Å²) in [6.45, 7) is 0. The number of para-hydroxylation sites is 4. The van der Waals surface area contributed by atoms with Crippen molar-refractivity contribution in [1.82, 2.24) is 0 Å². The Morgan fingerprint density at radius 2 is 1.04 bits per heavy atom. The Kier molecular flexibility index (Phi) is 3.95. The van der Waals surface area contributed by atoms with Gasteiger partial charge in [0, 0.05) is 10.2 Å². The zero-order valence-corrected chi connectivity index (χ0v) is 16.1. The van der Waals surface area contributed by atoms with Crippen molar-refractivity contribution in [3.05, 3.63) is 102 Å². The second-order valence-electron chi connectivity index (χ2n) is 6.43. The van der Waals surface area contributed by atoms with E-state index in [1.54, 1.807) is 0 Å². The lowest BCUT2D eigenvalue weighted by Gasteiger charge is -2.32. The SMILES string of the molecule is Brc1ccc(-c2ccc(N3c4ccccc4Oc4ccccc43)cc2)cc1. The van der Waals surface area contributed by atoms with Gasteiger partial charge in [-0.05, 0) is 59.7 Å². The van der Waals surface area contributed by atoms with Crippen molar-refractivity contribution >= 4 is 33.0 Å². The first-order valence-electron chi connectivity index (χ1n) is 8.82. The van der Waals surface area contributed by atoms with Gasteiger partial charge in [-0.3, -0.25) is 0 Å². The molecule has 0 N–H and O–H groups in total. The van der Waals surface area contributed by atoms with Crippen LogP contribution < -0.4 is 9.64 Å². The summed E-state index contributed by atoms with van der Waals surface area (Å²) in [5.74, 6) is 1.74. The Hall–Kier alpha value is -3.04. The highest BCUT2D eigenvalue weighted by Gasteiger charge is 2.24. The number of rotatable bonds is 2. The first-order chi connectivity index (χ1) is 13.3. The van der Waals surface area contributed by atoms with Crippen molar-refractivity contribution in [1.29, 1.82) is 0 Å². The molecule has 1 aliphatic rings. The van der Waals surface area contributed by atoms with Gasteiger partial charge in [-0.2, -0.15) is 0 Å². The molecule has 0 aromatic heterocycles. The van der Waals surface area contributed by atoms with Crippen molar-refractivity contribution < 1.29 is 4.74 Å². The number of anilines is 3. The summed E-state index contributed by atoms with van der Waals surface area (Å²) in [4.78, 5) is 2.25. The zero-order chi connectivity index (χ0) is 18.2. The van der Waals surface area contributed by atoms with Crippen molar-refractivity contribution in [3.8, 4) is 22.6 Å². The summed E-state index contributed by atoms with van der Waals surface area (Å²) in [6.07, 6.45) is 0. The molecule has 4 aromatic rings. The normalized spacial score (nSPS) is 12.1. The van der Waals surface area contributed by atoms with Gasteiger partial charge < -0.3 is 9.64 Å². The van der Waals surface area contributed by atoms with Crippen LogP contribution in [0.5, 0.6) is 11.5 Å². The van der Waals surface area contributed by atoms with Gasteiger partial charge in [0.1, 0.15) is 0 Å². The van der Waals surface area contributed by atoms with Crippen molar-refractivity contribution in [3.63, 3.8) is 0 Å². The number of benzene rings is 4. The van der Waals surface area contributed by atoms with E-state index in [1.165, 1.54) is 11.1 Å². The molecule has 0 saturated carbocycles. The second kappa shape index (κ2) is 6.60. The summed E-state index contributed by atoms with van der Waals surface area (Å²) < 4.78 is 7.17. The van der Waals surface area contributed by atoms with Crippen LogP contribution in [0.15, 0.2) is 102 Å². The zero-order valence-electron chi connectivity index (χ0n) is 14.5. The van der Waals surface area contributed by atoms with Crippen LogP contribution in [-0.2, 0) is 0 Å². The third kappa shape index (κ3) is 2.90. The lowest BCUT2D eigenvalue weighted by atomic mass is 10.0. The Bertz CT molecular complexity index is 1060. The first kappa shape index (κ1) is 16.2. The highest BCUT2D eigenvalue weighted by Crippen LogP contribution is 2.50. The van der Waals surface area contributed by atoms with E-state index in [9.17, 15) is 0 Å². The highest BCUT2D eigenvalue weighted by atomic mass is 79.9. The maximum absolute atomic E-state index is 6.09. The van der Waals surface area contributed by atoms with E-state index < -0.39 is 0 Å². The number of hydrogen-bond donors (Lipinski definition) is 0. The molecule has 1 heterocycles. The topological polar surface area (TPSA) is 12.5 Å². The van der Waals surface area contributed by atoms with Crippen LogP contribution in [0.3, 0.4) is 0 Å². The molecule has 2 nitrogen and oxygen atoms in total. The largest absolute Gasteiger partial charge is 0.453 e. The lowest BCUT2D eigenvalue weighted by molar-refractivity contribution is 0.477. The van der Waals surface area contributed by atoms with Gasteiger partial charge in [0.2, 0.25) is 0 Å². The Balaban J connectivity index is 1.59. The average molecular weight is 414 g/mol. The predicted molar refractivity (Wildman–Crippen MR) is 114 cm³/mol. The van der Waals surface area contributed by atoms with Crippen LogP contribution >= 0.6 is 15.9 Å². The van der Waals surface area contributed by atoms with Crippen molar-refractivity contribution in [2.45, 2.75) is 0 Å². The third-order valence-electron chi connectivity index (χ3n) is 4.74. The van der Waals surface area contributed by atoms with Gasteiger partial charge in [0.05, 0.1) is 11.4 Å². The van der Waals surface area contributed by atoms with Gasteiger partial charge in [-0.1, -0.05) is 64.5 Å². The summed E-state index contributed by atoms with van der Waals surface area (Å²) in [5.41, 5.74) is 5.60. The van der Waals surface area contributed by atoms with E-state index in [2.05, 4.69) is 81.5 Å². The van der Waals surface area contributed by atoms with Gasteiger partial charge in [0.15, 0.2) is 11.5 Å². The summed E-state index contributed by atoms with van der Waals surface area (Å²) in [6, 6.07) is 33.3. The fourth-order valence-electron chi connectivity index (χ4n) is 3.43. The number of nitrogens with zero attached hydrogens (tertiary/aromatic N) is 1.